The minimum absolute atomic E-state index is 0.0360. The first-order valence-electron chi connectivity index (χ1n) is 6.59. The van der Waals surface area contributed by atoms with Crippen LogP contribution in [0.5, 0.6) is 0 Å². The average Bonchev–Trinajstić information content (AvgIpc) is 2.89. The largest absolute Gasteiger partial charge is 0.463 e. The Bertz CT molecular complexity index is 612. The Morgan fingerprint density at radius 3 is 2.43 bits per heavy atom. The number of carbonyl (C=O) groups is 3. The molecule has 1 N–H and O–H groups in total. The summed E-state index contributed by atoms with van der Waals surface area (Å²) in [5, 5.41) is 2.20. The van der Waals surface area contributed by atoms with Crippen LogP contribution >= 0.6 is 0 Å². The summed E-state index contributed by atoms with van der Waals surface area (Å²) in [5.41, 5.74) is -0.917. The molecule has 2 rings (SSSR count). The highest BCUT2D eigenvalue weighted by molar-refractivity contribution is 5.96. The molecule has 0 aromatic heterocycles. The number of benzene rings is 1. The summed E-state index contributed by atoms with van der Waals surface area (Å²) in [5.74, 6) is -2.22. The number of rotatable bonds is 4. The summed E-state index contributed by atoms with van der Waals surface area (Å²) >= 11 is 0. The van der Waals surface area contributed by atoms with Gasteiger partial charge in [-0.3, -0.25) is 9.59 Å². The van der Waals surface area contributed by atoms with Gasteiger partial charge in [-0.15, -0.1) is 0 Å². The van der Waals surface area contributed by atoms with Crippen LogP contribution in [-0.2, 0) is 25.2 Å². The van der Waals surface area contributed by atoms with E-state index >= 15 is 0 Å². The number of esters is 2. The number of hydrogen-bond donors (Lipinski definition) is 1. The second-order valence-electron chi connectivity index (χ2n) is 4.69. The molecule has 0 spiro atoms. The molecule has 0 radical (unpaired) electrons. The van der Waals surface area contributed by atoms with E-state index in [9.17, 15) is 27.6 Å². The number of ether oxygens (including phenoxy) is 2. The SMILES string of the molecule is O=C(CNC(=O)c1ccc(C(F)(F)F)cc1)O[C@@H]1CCOC1=O. The van der Waals surface area contributed by atoms with Crippen molar-refractivity contribution in [1.29, 1.82) is 0 Å². The van der Waals surface area contributed by atoms with Crippen LogP contribution in [0.25, 0.3) is 0 Å². The van der Waals surface area contributed by atoms with Crippen molar-refractivity contribution in [3.8, 4) is 0 Å². The number of halogens is 3. The van der Waals surface area contributed by atoms with Crippen LogP contribution in [0.15, 0.2) is 24.3 Å². The normalized spacial score (nSPS) is 17.5. The molecular weight excluding hydrogens is 319 g/mol. The molecule has 0 aliphatic carbocycles. The van der Waals surface area contributed by atoms with Gasteiger partial charge in [0, 0.05) is 12.0 Å². The van der Waals surface area contributed by atoms with Gasteiger partial charge in [0.15, 0.2) is 0 Å². The first-order valence-corrected chi connectivity index (χ1v) is 6.59. The molecule has 1 heterocycles. The van der Waals surface area contributed by atoms with Crippen LogP contribution in [0, 0.1) is 0 Å². The quantitative estimate of drug-likeness (QED) is 0.841. The molecule has 1 aromatic carbocycles. The maximum atomic E-state index is 12.4. The Morgan fingerprint density at radius 2 is 1.91 bits per heavy atom. The number of hydrogen-bond acceptors (Lipinski definition) is 5. The van der Waals surface area contributed by atoms with Crippen molar-refractivity contribution in [3.63, 3.8) is 0 Å². The Balaban J connectivity index is 1.84. The van der Waals surface area contributed by atoms with Crippen LogP contribution in [0.3, 0.4) is 0 Å². The van der Waals surface area contributed by atoms with Gasteiger partial charge in [0.1, 0.15) is 6.54 Å². The van der Waals surface area contributed by atoms with Crippen LogP contribution in [-0.4, -0.2) is 37.1 Å². The van der Waals surface area contributed by atoms with E-state index in [0.717, 1.165) is 24.3 Å². The molecule has 6 nitrogen and oxygen atoms in total. The zero-order valence-corrected chi connectivity index (χ0v) is 11.7. The molecule has 0 unspecified atom stereocenters. The average molecular weight is 331 g/mol. The monoisotopic (exact) mass is 331 g/mol. The van der Waals surface area contributed by atoms with Gasteiger partial charge in [0.25, 0.3) is 5.91 Å². The summed E-state index contributed by atoms with van der Waals surface area (Å²) in [4.78, 5) is 34.3. The van der Waals surface area contributed by atoms with Crippen molar-refractivity contribution in [2.75, 3.05) is 13.2 Å². The van der Waals surface area contributed by atoms with Gasteiger partial charge in [-0.25, -0.2) is 4.79 Å². The fraction of sp³-hybridized carbons (Fsp3) is 0.357. The number of cyclic esters (lactones) is 1. The Kier molecular flexibility index (Phi) is 4.87. The third-order valence-corrected chi connectivity index (χ3v) is 3.03. The molecule has 23 heavy (non-hydrogen) atoms. The van der Waals surface area contributed by atoms with E-state index in [1.165, 1.54) is 0 Å². The van der Waals surface area contributed by atoms with Crippen molar-refractivity contribution >= 4 is 17.8 Å². The van der Waals surface area contributed by atoms with Gasteiger partial charge < -0.3 is 14.8 Å². The molecule has 1 atom stereocenters. The lowest BCUT2D eigenvalue weighted by Crippen LogP contribution is -2.33. The molecule has 124 valence electrons. The molecule has 1 aliphatic rings. The number of nitrogens with one attached hydrogen (secondary N) is 1. The third-order valence-electron chi connectivity index (χ3n) is 3.03. The van der Waals surface area contributed by atoms with E-state index in [2.05, 4.69) is 10.1 Å². The van der Waals surface area contributed by atoms with Crippen molar-refractivity contribution in [3.05, 3.63) is 35.4 Å². The summed E-state index contributed by atoms with van der Waals surface area (Å²) in [6.45, 7) is -0.349. The first-order chi connectivity index (χ1) is 10.8. The highest BCUT2D eigenvalue weighted by atomic mass is 19.4. The maximum Gasteiger partial charge on any atom is 0.416 e. The van der Waals surface area contributed by atoms with Crippen molar-refractivity contribution < 1.29 is 37.0 Å². The Morgan fingerprint density at radius 1 is 1.26 bits per heavy atom. The molecular formula is C14H12F3NO5. The summed E-state index contributed by atoms with van der Waals surface area (Å²) in [7, 11) is 0. The first kappa shape index (κ1) is 16.8. The lowest BCUT2D eigenvalue weighted by molar-refractivity contribution is -0.159. The van der Waals surface area contributed by atoms with Crippen LogP contribution in [0.1, 0.15) is 22.3 Å². The van der Waals surface area contributed by atoms with Gasteiger partial charge in [0.2, 0.25) is 6.10 Å². The predicted octanol–water partition coefficient (Wildman–Crippen LogP) is 1.29. The van der Waals surface area contributed by atoms with Crippen molar-refractivity contribution in [2.45, 2.75) is 18.7 Å². The minimum atomic E-state index is -4.49. The van der Waals surface area contributed by atoms with E-state index < -0.39 is 42.2 Å². The maximum absolute atomic E-state index is 12.4. The molecule has 1 saturated heterocycles. The molecule has 0 bridgehead atoms. The van der Waals surface area contributed by atoms with Crippen molar-refractivity contribution in [2.24, 2.45) is 0 Å². The highest BCUT2D eigenvalue weighted by Crippen LogP contribution is 2.29. The second-order valence-corrected chi connectivity index (χ2v) is 4.69. The van der Waals surface area contributed by atoms with Gasteiger partial charge in [-0.1, -0.05) is 0 Å². The van der Waals surface area contributed by atoms with Crippen LogP contribution < -0.4 is 5.32 Å². The van der Waals surface area contributed by atoms with Crippen LogP contribution in [0.4, 0.5) is 13.2 Å². The minimum Gasteiger partial charge on any atom is -0.463 e. The number of alkyl halides is 3. The van der Waals surface area contributed by atoms with Gasteiger partial charge in [-0.05, 0) is 24.3 Å². The number of amides is 1. The fourth-order valence-electron chi connectivity index (χ4n) is 1.85. The molecule has 1 aromatic rings. The number of carbonyl (C=O) groups excluding carboxylic acids is 3. The smallest absolute Gasteiger partial charge is 0.416 e. The van der Waals surface area contributed by atoms with Crippen molar-refractivity contribution in [1.82, 2.24) is 5.32 Å². The van der Waals surface area contributed by atoms with Crippen LogP contribution in [0.2, 0.25) is 0 Å². The molecule has 0 saturated carbocycles. The van der Waals surface area contributed by atoms with Gasteiger partial charge in [0.05, 0.1) is 12.2 Å². The second kappa shape index (κ2) is 6.67. The standard InChI is InChI=1S/C14H12F3NO5/c15-14(16,17)9-3-1-8(2-4-9)12(20)18-7-11(19)23-10-5-6-22-13(10)21/h1-4,10H,5-7H2,(H,18,20)/t10-/m1/s1. The summed E-state index contributed by atoms with van der Waals surface area (Å²) in [6, 6.07) is 3.53. The molecule has 9 heteroatoms. The summed E-state index contributed by atoms with van der Waals surface area (Å²) in [6.07, 6.45) is -5.22. The van der Waals surface area contributed by atoms with E-state index in [4.69, 9.17) is 4.74 Å². The lowest BCUT2D eigenvalue weighted by atomic mass is 10.1. The molecule has 1 amide bonds. The summed E-state index contributed by atoms with van der Waals surface area (Å²) < 4.78 is 46.6. The van der Waals surface area contributed by atoms with E-state index in [0.29, 0.717) is 0 Å². The van der Waals surface area contributed by atoms with E-state index in [1.54, 1.807) is 0 Å². The zero-order valence-electron chi connectivity index (χ0n) is 11.7. The third kappa shape index (κ3) is 4.44. The Hall–Kier alpha value is -2.58. The molecule has 1 fully saturated rings. The predicted molar refractivity (Wildman–Crippen MR) is 69.2 cm³/mol. The molecule has 1 aliphatic heterocycles. The van der Waals surface area contributed by atoms with Gasteiger partial charge >= 0.3 is 18.1 Å². The van der Waals surface area contributed by atoms with E-state index in [-0.39, 0.29) is 18.6 Å². The van der Waals surface area contributed by atoms with E-state index in [1.807, 2.05) is 0 Å². The lowest BCUT2D eigenvalue weighted by Gasteiger charge is -2.10. The van der Waals surface area contributed by atoms with Gasteiger partial charge in [-0.2, -0.15) is 13.2 Å². The highest BCUT2D eigenvalue weighted by Gasteiger charge is 2.31. The fourth-order valence-corrected chi connectivity index (χ4v) is 1.85. The topological polar surface area (TPSA) is 81.7 Å². The zero-order chi connectivity index (χ0) is 17.0. The Labute approximate surface area is 128 Å².